The van der Waals surface area contributed by atoms with Gasteiger partial charge in [0.05, 0.1) is 0 Å². The zero-order valence-corrected chi connectivity index (χ0v) is 11.0. The molecule has 1 aromatic carbocycles. The topological polar surface area (TPSA) is 43.8 Å². The normalized spacial score (nSPS) is 18.7. The first-order valence-electron chi connectivity index (χ1n) is 6.37. The monoisotopic (exact) mass is 248 g/mol. The molecule has 0 bridgehead atoms. The number of piperazine rings is 1. The third kappa shape index (κ3) is 2.64. The molecule has 0 spiro atoms. The van der Waals surface area contributed by atoms with E-state index in [1.807, 2.05) is 11.0 Å². The molecule has 4 heteroatoms. The Morgan fingerprint density at radius 1 is 1.22 bits per heavy atom. The van der Waals surface area contributed by atoms with E-state index in [2.05, 4.69) is 30.0 Å². The maximum Gasteiger partial charge on any atom is 0.320 e. The summed E-state index contributed by atoms with van der Waals surface area (Å²) in [4.78, 5) is 15.3. The van der Waals surface area contributed by atoms with Crippen LogP contribution >= 0.6 is 0 Å². The van der Waals surface area contributed by atoms with Gasteiger partial charge in [0.2, 0.25) is 0 Å². The SMILES string of the molecule is Cc1ccccc1N1CCN(C(C)C(=O)O)CC1. The van der Waals surface area contributed by atoms with E-state index >= 15 is 0 Å². The van der Waals surface area contributed by atoms with E-state index in [0.717, 1.165) is 26.2 Å². The lowest BCUT2D eigenvalue weighted by Gasteiger charge is -2.38. The van der Waals surface area contributed by atoms with Gasteiger partial charge in [0.15, 0.2) is 0 Å². The van der Waals surface area contributed by atoms with Crippen LogP contribution in [-0.4, -0.2) is 48.2 Å². The minimum Gasteiger partial charge on any atom is -0.480 e. The number of aliphatic carboxylic acids is 1. The molecule has 1 aliphatic rings. The Morgan fingerprint density at radius 3 is 2.39 bits per heavy atom. The van der Waals surface area contributed by atoms with Crippen molar-refractivity contribution in [3.63, 3.8) is 0 Å². The van der Waals surface area contributed by atoms with Gasteiger partial charge >= 0.3 is 5.97 Å². The Labute approximate surface area is 108 Å². The smallest absolute Gasteiger partial charge is 0.320 e. The van der Waals surface area contributed by atoms with Gasteiger partial charge in [-0.3, -0.25) is 9.69 Å². The van der Waals surface area contributed by atoms with Crippen LogP contribution in [0.3, 0.4) is 0 Å². The van der Waals surface area contributed by atoms with Crippen LogP contribution < -0.4 is 4.90 Å². The van der Waals surface area contributed by atoms with Gasteiger partial charge in [0, 0.05) is 31.9 Å². The number of carboxylic acid groups (broad SMARTS) is 1. The predicted octanol–water partition coefficient (Wildman–Crippen LogP) is 1.59. The third-order valence-electron chi connectivity index (χ3n) is 3.68. The molecule has 0 saturated carbocycles. The quantitative estimate of drug-likeness (QED) is 0.882. The standard InChI is InChI=1S/C14H20N2O2/c1-11-5-3-4-6-13(11)16-9-7-15(8-10-16)12(2)14(17)18/h3-6,12H,7-10H2,1-2H3,(H,17,18). The van der Waals surface area contributed by atoms with Crippen LogP contribution in [0.25, 0.3) is 0 Å². The minimum atomic E-state index is -0.737. The first-order valence-corrected chi connectivity index (χ1v) is 6.37. The summed E-state index contributed by atoms with van der Waals surface area (Å²) >= 11 is 0. The maximum atomic E-state index is 10.9. The molecular formula is C14H20N2O2. The van der Waals surface area contributed by atoms with E-state index in [1.54, 1.807) is 6.92 Å². The lowest BCUT2D eigenvalue weighted by Crippen LogP contribution is -2.51. The molecule has 0 amide bonds. The Hall–Kier alpha value is -1.55. The highest BCUT2D eigenvalue weighted by atomic mass is 16.4. The van der Waals surface area contributed by atoms with E-state index in [0.29, 0.717) is 0 Å². The fourth-order valence-corrected chi connectivity index (χ4v) is 2.42. The average molecular weight is 248 g/mol. The first kappa shape index (κ1) is 12.9. The lowest BCUT2D eigenvalue weighted by atomic mass is 10.1. The molecular weight excluding hydrogens is 228 g/mol. The number of carboxylic acids is 1. The highest BCUT2D eigenvalue weighted by molar-refractivity contribution is 5.73. The largest absolute Gasteiger partial charge is 0.480 e. The van der Waals surface area contributed by atoms with Crippen molar-refractivity contribution in [2.24, 2.45) is 0 Å². The van der Waals surface area contributed by atoms with Gasteiger partial charge in [-0.2, -0.15) is 0 Å². The van der Waals surface area contributed by atoms with Gasteiger partial charge in [0.25, 0.3) is 0 Å². The number of rotatable bonds is 3. The number of para-hydroxylation sites is 1. The maximum absolute atomic E-state index is 10.9. The Morgan fingerprint density at radius 2 is 1.83 bits per heavy atom. The molecule has 1 fully saturated rings. The number of carbonyl (C=O) groups is 1. The van der Waals surface area contributed by atoms with Crippen LogP contribution in [0.5, 0.6) is 0 Å². The Kier molecular flexibility index (Phi) is 3.87. The van der Waals surface area contributed by atoms with Crippen LogP contribution in [0.2, 0.25) is 0 Å². The van der Waals surface area contributed by atoms with E-state index in [4.69, 9.17) is 5.11 Å². The summed E-state index contributed by atoms with van der Waals surface area (Å²) in [5.41, 5.74) is 2.54. The van der Waals surface area contributed by atoms with Crippen molar-refractivity contribution in [2.75, 3.05) is 31.1 Å². The average Bonchev–Trinajstić information content (AvgIpc) is 2.38. The molecule has 1 N–H and O–H groups in total. The molecule has 0 aromatic heterocycles. The zero-order valence-electron chi connectivity index (χ0n) is 11.0. The first-order chi connectivity index (χ1) is 8.59. The summed E-state index contributed by atoms with van der Waals surface area (Å²) < 4.78 is 0. The number of aryl methyl sites for hydroxylation is 1. The van der Waals surface area contributed by atoms with Crippen molar-refractivity contribution in [1.82, 2.24) is 4.90 Å². The molecule has 2 rings (SSSR count). The molecule has 1 aliphatic heterocycles. The number of anilines is 1. The van der Waals surface area contributed by atoms with Crippen molar-refractivity contribution < 1.29 is 9.90 Å². The highest BCUT2D eigenvalue weighted by Crippen LogP contribution is 2.21. The van der Waals surface area contributed by atoms with Crippen molar-refractivity contribution in [3.05, 3.63) is 29.8 Å². The van der Waals surface area contributed by atoms with Crippen LogP contribution in [-0.2, 0) is 4.79 Å². The molecule has 4 nitrogen and oxygen atoms in total. The molecule has 1 aromatic rings. The lowest BCUT2D eigenvalue weighted by molar-refractivity contribution is -0.142. The highest BCUT2D eigenvalue weighted by Gasteiger charge is 2.25. The van der Waals surface area contributed by atoms with Gasteiger partial charge < -0.3 is 10.0 Å². The molecule has 18 heavy (non-hydrogen) atoms. The number of hydrogen-bond acceptors (Lipinski definition) is 3. The summed E-state index contributed by atoms with van der Waals surface area (Å²) in [7, 11) is 0. The van der Waals surface area contributed by atoms with E-state index in [9.17, 15) is 4.79 Å². The van der Waals surface area contributed by atoms with Gasteiger partial charge in [0.1, 0.15) is 6.04 Å². The Balaban J connectivity index is 1.99. The van der Waals surface area contributed by atoms with Gasteiger partial charge in [-0.15, -0.1) is 0 Å². The molecule has 1 saturated heterocycles. The second-order valence-electron chi connectivity index (χ2n) is 4.82. The second kappa shape index (κ2) is 5.40. The summed E-state index contributed by atoms with van der Waals surface area (Å²) in [5, 5.41) is 9.01. The molecule has 1 atom stereocenters. The van der Waals surface area contributed by atoms with Crippen molar-refractivity contribution in [3.8, 4) is 0 Å². The number of benzene rings is 1. The summed E-state index contributed by atoms with van der Waals surface area (Å²) in [6, 6.07) is 7.95. The fourth-order valence-electron chi connectivity index (χ4n) is 2.42. The fraction of sp³-hybridized carbons (Fsp3) is 0.500. The molecule has 0 aliphatic carbocycles. The number of nitrogens with zero attached hydrogens (tertiary/aromatic N) is 2. The molecule has 0 radical (unpaired) electrons. The van der Waals surface area contributed by atoms with Gasteiger partial charge in [-0.05, 0) is 25.5 Å². The van der Waals surface area contributed by atoms with Crippen LogP contribution in [0.4, 0.5) is 5.69 Å². The predicted molar refractivity (Wildman–Crippen MR) is 72.1 cm³/mol. The van der Waals surface area contributed by atoms with Crippen molar-refractivity contribution in [1.29, 1.82) is 0 Å². The third-order valence-corrected chi connectivity index (χ3v) is 3.68. The van der Waals surface area contributed by atoms with E-state index in [-0.39, 0.29) is 6.04 Å². The van der Waals surface area contributed by atoms with Crippen molar-refractivity contribution in [2.45, 2.75) is 19.9 Å². The van der Waals surface area contributed by atoms with E-state index in [1.165, 1.54) is 11.3 Å². The van der Waals surface area contributed by atoms with Crippen LogP contribution in [0.15, 0.2) is 24.3 Å². The number of hydrogen-bond donors (Lipinski definition) is 1. The van der Waals surface area contributed by atoms with E-state index < -0.39 is 5.97 Å². The molecule has 98 valence electrons. The van der Waals surface area contributed by atoms with Crippen LogP contribution in [0, 0.1) is 6.92 Å². The van der Waals surface area contributed by atoms with Gasteiger partial charge in [-0.25, -0.2) is 0 Å². The van der Waals surface area contributed by atoms with Crippen LogP contribution in [0.1, 0.15) is 12.5 Å². The summed E-state index contributed by atoms with van der Waals surface area (Å²) in [6.07, 6.45) is 0. The second-order valence-corrected chi connectivity index (χ2v) is 4.82. The minimum absolute atomic E-state index is 0.385. The van der Waals surface area contributed by atoms with Crippen molar-refractivity contribution >= 4 is 11.7 Å². The zero-order chi connectivity index (χ0) is 13.1. The summed E-state index contributed by atoms with van der Waals surface area (Å²) in [6.45, 7) is 7.27. The molecule has 1 heterocycles. The Bertz CT molecular complexity index is 426. The summed E-state index contributed by atoms with van der Waals surface area (Å²) in [5.74, 6) is -0.737. The molecule has 1 unspecified atom stereocenters. The van der Waals surface area contributed by atoms with Gasteiger partial charge in [-0.1, -0.05) is 18.2 Å².